The zero-order valence-electron chi connectivity index (χ0n) is 11.0. The van der Waals surface area contributed by atoms with E-state index in [2.05, 4.69) is 0 Å². The van der Waals surface area contributed by atoms with Crippen molar-refractivity contribution >= 4 is 11.8 Å². The van der Waals surface area contributed by atoms with Crippen LogP contribution < -0.4 is 11.2 Å². The van der Waals surface area contributed by atoms with Crippen molar-refractivity contribution in [1.82, 2.24) is 9.55 Å². The van der Waals surface area contributed by atoms with E-state index in [0.717, 1.165) is 10.8 Å². The molecule has 1 fully saturated rings. The highest BCUT2D eigenvalue weighted by molar-refractivity contribution is 7.97. The van der Waals surface area contributed by atoms with E-state index in [0.29, 0.717) is 5.75 Å². The van der Waals surface area contributed by atoms with Crippen LogP contribution in [0.25, 0.3) is 0 Å². The molecule has 0 amide bonds. The number of alkyl halides is 1. The van der Waals surface area contributed by atoms with Gasteiger partial charge in [-0.15, -0.1) is 0 Å². The number of halogens is 1. The zero-order valence-corrected chi connectivity index (χ0v) is 11.8. The Morgan fingerprint density at radius 1 is 1.57 bits per heavy atom. The van der Waals surface area contributed by atoms with E-state index in [1.54, 1.807) is 6.26 Å². The largest absolute Gasteiger partial charge is 0.393 e. The second-order valence-corrected chi connectivity index (χ2v) is 5.49. The lowest BCUT2D eigenvalue weighted by molar-refractivity contribution is -0.181. The Hall–Kier alpha value is -1.20. The van der Waals surface area contributed by atoms with Crippen LogP contribution in [0, 0.1) is 0 Å². The van der Waals surface area contributed by atoms with Gasteiger partial charge in [-0.3, -0.25) is 14.3 Å². The fourth-order valence-corrected chi connectivity index (χ4v) is 2.61. The SMILES string of the molecule is CSCc1cn([C@@H]2O[C@H](CO)[C@](O)(F)[C@H]2O)c(=O)[nH]c1=O. The highest BCUT2D eigenvalue weighted by Gasteiger charge is 2.57. The fourth-order valence-electron chi connectivity index (χ4n) is 2.09. The number of hydrogen-bond donors (Lipinski definition) is 4. The predicted molar refractivity (Wildman–Crippen MR) is 71.6 cm³/mol. The molecule has 0 bridgehead atoms. The van der Waals surface area contributed by atoms with Crippen molar-refractivity contribution in [2.24, 2.45) is 0 Å². The molecule has 21 heavy (non-hydrogen) atoms. The number of ether oxygens (including phenoxy) is 1. The van der Waals surface area contributed by atoms with E-state index in [-0.39, 0.29) is 5.56 Å². The highest BCUT2D eigenvalue weighted by Crippen LogP contribution is 2.37. The van der Waals surface area contributed by atoms with Crippen molar-refractivity contribution in [2.75, 3.05) is 12.9 Å². The third-order valence-electron chi connectivity index (χ3n) is 3.22. The van der Waals surface area contributed by atoms with Crippen LogP contribution in [0.5, 0.6) is 0 Å². The van der Waals surface area contributed by atoms with Crippen molar-refractivity contribution in [3.8, 4) is 0 Å². The number of rotatable bonds is 4. The quantitative estimate of drug-likeness (QED) is 0.521. The molecule has 1 saturated heterocycles. The number of thioether (sulfide) groups is 1. The number of nitrogens with zero attached hydrogens (tertiary/aromatic N) is 1. The lowest BCUT2D eigenvalue weighted by Crippen LogP contribution is -2.45. The molecular weight excluding hydrogens is 307 g/mol. The molecule has 1 aliphatic heterocycles. The van der Waals surface area contributed by atoms with Gasteiger partial charge in [0.15, 0.2) is 12.3 Å². The number of aromatic nitrogens is 2. The molecule has 1 aliphatic rings. The summed E-state index contributed by atoms with van der Waals surface area (Å²) in [5.41, 5.74) is -1.27. The summed E-state index contributed by atoms with van der Waals surface area (Å²) in [7, 11) is 0. The monoisotopic (exact) mass is 322 g/mol. The average Bonchev–Trinajstić information content (AvgIpc) is 2.64. The molecule has 118 valence electrons. The van der Waals surface area contributed by atoms with Crippen molar-refractivity contribution < 1.29 is 24.4 Å². The summed E-state index contributed by atoms with van der Waals surface area (Å²) < 4.78 is 19.7. The molecule has 0 saturated carbocycles. The Bertz CT molecular complexity index is 630. The number of aromatic amines is 1. The Morgan fingerprint density at radius 2 is 2.24 bits per heavy atom. The van der Waals surface area contributed by atoms with Gasteiger partial charge in [0.2, 0.25) is 0 Å². The summed E-state index contributed by atoms with van der Waals surface area (Å²) in [4.78, 5) is 25.4. The van der Waals surface area contributed by atoms with Gasteiger partial charge in [0.1, 0.15) is 6.10 Å². The van der Waals surface area contributed by atoms with Crippen molar-refractivity contribution in [3.05, 3.63) is 32.6 Å². The van der Waals surface area contributed by atoms with Gasteiger partial charge in [-0.2, -0.15) is 11.8 Å². The van der Waals surface area contributed by atoms with Crippen molar-refractivity contribution in [3.63, 3.8) is 0 Å². The van der Waals surface area contributed by atoms with Gasteiger partial charge in [0.25, 0.3) is 11.4 Å². The maximum absolute atomic E-state index is 13.9. The first kappa shape index (κ1) is 16.2. The minimum atomic E-state index is -3.20. The summed E-state index contributed by atoms with van der Waals surface area (Å²) >= 11 is 1.33. The maximum Gasteiger partial charge on any atom is 0.330 e. The zero-order chi connectivity index (χ0) is 15.8. The van der Waals surface area contributed by atoms with E-state index >= 15 is 0 Å². The minimum Gasteiger partial charge on any atom is -0.393 e. The van der Waals surface area contributed by atoms with Gasteiger partial charge in [-0.05, 0) is 6.26 Å². The van der Waals surface area contributed by atoms with Gasteiger partial charge in [-0.1, -0.05) is 0 Å². The molecule has 0 aromatic carbocycles. The predicted octanol–water partition coefficient (Wildman–Crippen LogP) is -1.69. The van der Waals surface area contributed by atoms with E-state index in [1.807, 2.05) is 4.98 Å². The van der Waals surface area contributed by atoms with Crippen LogP contribution in [0.3, 0.4) is 0 Å². The van der Waals surface area contributed by atoms with E-state index in [1.165, 1.54) is 11.8 Å². The lowest BCUT2D eigenvalue weighted by atomic mass is 10.1. The molecule has 2 rings (SSSR count). The number of nitrogens with one attached hydrogen (secondary N) is 1. The molecule has 0 aliphatic carbocycles. The van der Waals surface area contributed by atoms with Crippen molar-refractivity contribution in [2.45, 2.75) is 30.0 Å². The maximum atomic E-state index is 13.9. The van der Waals surface area contributed by atoms with Crippen LogP contribution in [0.1, 0.15) is 11.8 Å². The summed E-state index contributed by atoms with van der Waals surface area (Å²) in [6, 6.07) is 0. The van der Waals surface area contributed by atoms with Crippen LogP contribution in [-0.4, -0.2) is 55.8 Å². The van der Waals surface area contributed by atoms with E-state index in [9.17, 15) is 24.2 Å². The summed E-state index contributed by atoms with van der Waals surface area (Å²) in [5, 5.41) is 28.2. The van der Waals surface area contributed by atoms with Gasteiger partial charge < -0.3 is 20.1 Å². The summed E-state index contributed by atoms with van der Waals surface area (Å²) in [6.45, 7) is -0.879. The summed E-state index contributed by atoms with van der Waals surface area (Å²) in [6.07, 6.45) is -2.44. The van der Waals surface area contributed by atoms with E-state index < -0.39 is 42.1 Å². The first-order chi connectivity index (χ1) is 9.82. The summed E-state index contributed by atoms with van der Waals surface area (Å²) in [5.74, 6) is -2.91. The van der Waals surface area contributed by atoms with Gasteiger partial charge in [-0.25, -0.2) is 9.18 Å². The molecule has 1 aromatic rings. The van der Waals surface area contributed by atoms with Crippen molar-refractivity contribution in [1.29, 1.82) is 0 Å². The first-order valence-electron chi connectivity index (χ1n) is 6.01. The van der Waals surface area contributed by atoms with E-state index in [4.69, 9.17) is 9.84 Å². The minimum absolute atomic E-state index is 0.229. The van der Waals surface area contributed by atoms with Gasteiger partial charge in [0, 0.05) is 17.5 Å². The normalized spacial score (nSPS) is 32.5. The van der Waals surface area contributed by atoms with Crippen LogP contribution >= 0.6 is 11.8 Å². The Kier molecular flexibility index (Phi) is 4.54. The molecule has 4 N–H and O–H groups in total. The average molecular weight is 322 g/mol. The Morgan fingerprint density at radius 3 is 2.76 bits per heavy atom. The molecule has 0 unspecified atom stereocenters. The van der Waals surface area contributed by atoms with Crippen LogP contribution in [0.4, 0.5) is 4.39 Å². The topological polar surface area (TPSA) is 125 Å². The highest BCUT2D eigenvalue weighted by atomic mass is 32.2. The standard InChI is InChI=1S/C11H15FN2O6S/c1-21-4-5-2-14(10(18)13-8(5)17)9-7(16)11(12,19)6(3-15)20-9/h2,6-7,9,15-16,19H,3-4H2,1H3,(H,13,17,18)/t6-,7+,9-,11-/m1/s1. The second kappa shape index (κ2) is 5.89. The fraction of sp³-hybridized carbons (Fsp3) is 0.636. The number of hydrogen-bond acceptors (Lipinski definition) is 7. The third-order valence-corrected chi connectivity index (χ3v) is 3.82. The van der Waals surface area contributed by atoms with Crippen LogP contribution in [0.15, 0.2) is 15.8 Å². The molecule has 0 radical (unpaired) electrons. The lowest BCUT2D eigenvalue weighted by Gasteiger charge is -2.21. The molecule has 2 heterocycles. The molecule has 8 nitrogen and oxygen atoms in total. The van der Waals surface area contributed by atoms with Gasteiger partial charge >= 0.3 is 5.69 Å². The molecule has 1 aromatic heterocycles. The van der Waals surface area contributed by atoms with Gasteiger partial charge in [0.05, 0.1) is 6.61 Å². The molecular formula is C11H15FN2O6S. The first-order valence-corrected chi connectivity index (χ1v) is 7.41. The third kappa shape index (κ3) is 2.77. The molecule has 10 heteroatoms. The Balaban J connectivity index is 2.45. The second-order valence-electron chi connectivity index (χ2n) is 4.62. The Labute approximate surface area is 122 Å². The van der Waals surface area contributed by atoms with Crippen LogP contribution in [0.2, 0.25) is 0 Å². The molecule has 0 spiro atoms. The molecule has 4 atom stereocenters. The number of aliphatic hydroxyl groups is 3. The smallest absolute Gasteiger partial charge is 0.330 e. The number of H-pyrrole nitrogens is 1. The van der Waals surface area contributed by atoms with Crippen LogP contribution in [-0.2, 0) is 10.5 Å². The number of aliphatic hydroxyl groups excluding tert-OH is 2.